The van der Waals surface area contributed by atoms with E-state index in [1.807, 2.05) is 0 Å². The molecule has 1 aliphatic carbocycles. The lowest BCUT2D eigenvalue weighted by molar-refractivity contribution is 0.0150. The van der Waals surface area contributed by atoms with Crippen LogP contribution in [0.4, 0.5) is 23.8 Å². The molecule has 2 fully saturated rings. The second-order valence-electron chi connectivity index (χ2n) is 10.6. The van der Waals surface area contributed by atoms with Gasteiger partial charge in [-0.25, -0.2) is 32.4 Å². The molecular formula is C25H30F3N7O3. The van der Waals surface area contributed by atoms with E-state index in [0.717, 1.165) is 12.8 Å². The molecule has 13 heteroatoms. The van der Waals surface area contributed by atoms with Gasteiger partial charge in [0.05, 0.1) is 24.6 Å². The number of imidazole rings is 1. The molecule has 38 heavy (non-hydrogen) atoms. The lowest BCUT2D eigenvalue weighted by Gasteiger charge is -2.36. The maximum Gasteiger partial charge on any atom is 0.410 e. The van der Waals surface area contributed by atoms with Crippen molar-refractivity contribution in [1.82, 2.24) is 29.5 Å². The molecule has 204 valence electrons. The van der Waals surface area contributed by atoms with Crippen molar-refractivity contribution in [2.75, 3.05) is 25.0 Å². The summed E-state index contributed by atoms with van der Waals surface area (Å²) in [7, 11) is 0. The number of hydrogen-bond acceptors (Lipinski definition) is 8. The van der Waals surface area contributed by atoms with Crippen molar-refractivity contribution in [3.8, 4) is 17.1 Å². The van der Waals surface area contributed by atoms with Crippen LogP contribution in [0.1, 0.15) is 51.6 Å². The van der Waals surface area contributed by atoms with E-state index in [9.17, 15) is 18.0 Å². The van der Waals surface area contributed by atoms with E-state index in [1.54, 1.807) is 37.5 Å². The molecule has 3 aromatic rings. The first-order chi connectivity index (χ1) is 18.1. The number of fused-ring (bicyclic) bond motifs is 1. The van der Waals surface area contributed by atoms with Crippen molar-refractivity contribution in [3.63, 3.8) is 0 Å². The van der Waals surface area contributed by atoms with E-state index >= 15 is 0 Å². The highest BCUT2D eigenvalue weighted by atomic mass is 19.3. The highest BCUT2D eigenvalue weighted by Gasteiger charge is 2.34. The molecule has 2 atom stereocenters. The Morgan fingerprint density at radius 1 is 1.21 bits per heavy atom. The summed E-state index contributed by atoms with van der Waals surface area (Å²) < 4.78 is 52.6. The van der Waals surface area contributed by atoms with Crippen LogP contribution >= 0.6 is 0 Å². The van der Waals surface area contributed by atoms with Crippen molar-refractivity contribution in [3.05, 3.63) is 30.4 Å². The minimum Gasteiger partial charge on any atom is -0.485 e. The Kier molecular flexibility index (Phi) is 7.01. The van der Waals surface area contributed by atoms with Crippen LogP contribution < -0.4 is 10.1 Å². The van der Waals surface area contributed by atoms with E-state index in [2.05, 4.69) is 25.4 Å². The van der Waals surface area contributed by atoms with Gasteiger partial charge in [-0.2, -0.15) is 5.10 Å². The number of carbonyl (C=O) groups excluding carboxylic acids is 1. The third kappa shape index (κ3) is 5.91. The molecule has 0 unspecified atom stereocenters. The largest absolute Gasteiger partial charge is 0.485 e. The van der Waals surface area contributed by atoms with Crippen LogP contribution in [0.15, 0.2) is 24.7 Å². The number of aromatic nitrogens is 5. The van der Waals surface area contributed by atoms with E-state index in [1.165, 1.54) is 17.3 Å². The summed E-state index contributed by atoms with van der Waals surface area (Å²) in [5.41, 5.74) is 1.34. The molecule has 10 nitrogen and oxygen atoms in total. The van der Waals surface area contributed by atoms with Gasteiger partial charge in [0, 0.05) is 25.1 Å². The van der Waals surface area contributed by atoms with Crippen molar-refractivity contribution < 1.29 is 27.4 Å². The van der Waals surface area contributed by atoms with Crippen LogP contribution in [0.25, 0.3) is 17.0 Å². The smallest absolute Gasteiger partial charge is 0.410 e. The molecule has 3 aromatic heterocycles. The molecule has 0 spiro atoms. The minimum atomic E-state index is -2.59. The molecule has 1 saturated heterocycles. The van der Waals surface area contributed by atoms with Crippen LogP contribution in [-0.2, 0) is 4.74 Å². The fourth-order valence-electron chi connectivity index (χ4n) is 4.30. The standard InChI is InChI=1S/C25H30F3N7O3/c1-25(2,3)38-24(36)34-7-6-15(26)17(12-34)32-21-11-29-9-16(31-21)18-10-30-22-8-19(37-13-20(27)28)23(14-4-5-14)33-35(18)22/h8-11,14-15,17,20H,4-7,12-13H2,1-3H3,(H,31,32)/t15-,17-/m0/s1. The average Bonchev–Trinajstić information content (AvgIpc) is 3.62. The molecule has 1 amide bonds. The van der Waals surface area contributed by atoms with Crippen molar-refractivity contribution in [1.29, 1.82) is 0 Å². The van der Waals surface area contributed by atoms with Crippen LogP contribution in [0.2, 0.25) is 0 Å². The van der Waals surface area contributed by atoms with Crippen molar-refractivity contribution in [2.45, 2.75) is 70.2 Å². The zero-order chi connectivity index (χ0) is 27.0. The number of nitrogens with zero attached hydrogens (tertiary/aromatic N) is 6. The summed E-state index contributed by atoms with van der Waals surface area (Å²) in [4.78, 5) is 27.2. The molecule has 2 aliphatic rings. The number of amides is 1. The molecule has 0 bridgehead atoms. The number of alkyl halides is 3. The van der Waals surface area contributed by atoms with Gasteiger partial charge in [0.15, 0.2) is 5.65 Å². The van der Waals surface area contributed by atoms with Crippen molar-refractivity contribution >= 4 is 17.6 Å². The van der Waals surface area contributed by atoms with E-state index < -0.39 is 36.9 Å². The van der Waals surface area contributed by atoms with Crippen LogP contribution in [0.5, 0.6) is 5.75 Å². The summed E-state index contributed by atoms with van der Waals surface area (Å²) in [6, 6.07) is 0.903. The number of halogens is 3. The number of carbonyl (C=O) groups is 1. The molecule has 1 aliphatic heterocycles. The first-order valence-corrected chi connectivity index (χ1v) is 12.6. The fraction of sp³-hybridized carbons (Fsp3) is 0.560. The Labute approximate surface area is 217 Å². The monoisotopic (exact) mass is 533 g/mol. The highest BCUT2D eigenvalue weighted by Crippen LogP contribution is 2.43. The number of likely N-dealkylation sites (tertiary alicyclic amines) is 1. The topological polar surface area (TPSA) is 107 Å². The summed E-state index contributed by atoms with van der Waals surface area (Å²) >= 11 is 0. The van der Waals surface area contributed by atoms with Gasteiger partial charge < -0.3 is 19.7 Å². The summed E-state index contributed by atoms with van der Waals surface area (Å²) in [5, 5.41) is 7.71. The predicted molar refractivity (Wildman–Crippen MR) is 132 cm³/mol. The van der Waals surface area contributed by atoms with Gasteiger partial charge in [0.2, 0.25) is 0 Å². The lowest BCUT2D eigenvalue weighted by Crippen LogP contribution is -2.52. The Balaban J connectivity index is 1.36. The Bertz CT molecular complexity index is 1310. The zero-order valence-electron chi connectivity index (χ0n) is 21.4. The van der Waals surface area contributed by atoms with Gasteiger partial charge in [0.25, 0.3) is 6.43 Å². The Hall–Kier alpha value is -3.64. The Morgan fingerprint density at radius 2 is 2.00 bits per heavy atom. The van der Waals surface area contributed by atoms with Gasteiger partial charge in [-0.15, -0.1) is 0 Å². The molecule has 5 rings (SSSR count). The van der Waals surface area contributed by atoms with Gasteiger partial charge in [-0.05, 0) is 40.0 Å². The van der Waals surface area contributed by atoms with Gasteiger partial charge in [0.1, 0.15) is 47.0 Å². The average molecular weight is 534 g/mol. The third-order valence-corrected chi connectivity index (χ3v) is 6.22. The molecule has 1 saturated carbocycles. The quantitative estimate of drug-likeness (QED) is 0.474. The summed E-state index contributed by atoms with van der Waals surface area (Å²) in [5.74, 6) is 0.775. The number of rotatable bonds is 7. The number of hydrogen-bond donors (Lipinski definition) is 1. The van der Waals surface area contributed by atoms with Crippen molar-refractivity contribution in [2.24, 2.45) is 0 Å². The van der Waals surface area contributed by atoms with Gasteiger partial charge >= 0.3 is 6.09 Å². The molecule has 4 heterocycles. The van der Waals surface area contributed by atoms with Crippen LogP contribution in [-0.4, -0.2) is 79.5 Å². The molecule has 0 radical (unpaired) electrons. The molecule has 0 aromatic carbocycles. The number of nitrogens with one attached hydrogen (secondary N) is 1. The van der Waals surface area contributed by atoms with Gasteiger partial charge in [-0.1, -0.05) is 0 Å². The van der Waals surface area contributed by atoms with Crippen LogP contribution in [0.3, 0.4) is 0 Å². The maximum absolute atomic E-state index is 14.8. The Morgan fingerprint density at radius 3 is 2.71 bits per heavy atom. The first kappa shape index (κ1) is 26.0. The van der Waals surface area contributed by atoms with E-state index in [4.69, 9.17) is 9.47 Å². The summed E-state index contributed by atoms with van der Waals surface area (Å²) in [6.07, 6.45) is 2.27. The third-order valence-electron chi connectivity index (χ3n) is 6.22. The summed E-state index contributed by atoms with van der Waals surface area (Å²) in [6.45, 7) is 5.01. The predicted octanol–water partition coefficient (Wildman–Crippen LogP) is 4.47. The second kappa shape index (κ2) is 10.3. The number of ether oxygens (including phenoxy) is 2. The van der Waals surface area contributed by atoms with Crippen LogP contribution in [0, 0.1) is 0 Å². The fourth-order valence-corrected chi connectivity index (χ4v) is 4.30. The van der Waals surface area contributed by atoms with E-state index in [-0.39, 0.29) is 25.4 Å². The van der Waals surface area contributed by atoms with E-state index in [0.29, 0.717) is 34.3 Å². The van der Waals surface area contributed by atoms with Gasteiger partial charge in [-0.3, -0.25) is 4.98 Å². The zero-order valence-corrected chi connectivity index (χ0v) is 21.4. The first-order valence-electron chi connectivity index (χ1n) is 12.6. The maximum atomic E-state index is 14.8. The highest BCUT2D eigenvalue weighted by molar-refractivity contribution is 5.68. The SMILES string of the molecule is CC(C)(C)OC(=O)N1CC[C@H](F)[C@@H](Nc2cncc(-c3cnc4cc(OCC(F)F)c(C5CC5)nn34)n2)C1. The number of anilines is 1. The molecular weight excluding hydrogens is 503 g/mol. The normalized spacial score (nSPS) is 20.1. The number of piperidine rings is 1. The molecule has 1 N–H and O–H groups in total. The second-order valence-corrected chi connectivity index (χ2v) is 10.6. The lowest BCUT2D eigenvalue weighted by atomic mass is 10.0. The minimum absolute atomic E-state index is 0.116.